The van der Waals surface area contributed by atoms with E-state index in [9.17, 15) is 14.9 Å². The van der Waals surface area contributed by atoms with Gasteiger partial charge in [-0.25, -0.2) is 4.68 Å². The van der Waals surface area contributed by atoms with Crippen molar-refractivity contribution in [2.45, 2.75) is 0 Å². The molecule has 1 N–H and O–H groups in total. The predicted molar refractivity (Wildman–Crippen MR) is 117 cm³/mol. The normalized spacial score (nSPS) is 10.5. The van der Waals surface area contributed by atoms with Gasteiger partial charge in [-0.3, -0.25) is 14.9 Å². The van der Waals surface area contributed by atoms with Crippen LogP contribution in [0, 0.1) is 10.1 Å². The number of nitro groups is 1. The van der Waals surface area contributed by atoms with E-state index in [4.69, 9.17) is 4.74 Å². The third kappa shape index (κ3) is 4.13. The molecule has 0 unspecified atom stereocenters. The zero-order valence-electron chi connectivity index (χ0n) is 16.6. The van der Waals surface area contributed by atoms with Gasteiger partial charge in [0, 0.05) is 23.3 Å². The van der Waals surface area contributed by atoms with Crippen molar-refractivity contribution in [1.82, 2.24) is 9.78 Å². The first-order valence-electron chi connectivity index (χ1n) is 9.41. The van der Waals surface area contributed by atoms with Crippen LogP contribution in [0.3, 0.4) is 0 Å². The van der Waals surface area contributed by atoms with Gasteiger partial charge in [0.25, 0.3) is 5.91 Å². The second kappa shape index (κ2) is 8.50. The van der Waals surface area contributed by atoms with Crippen LogP contribution in [0.25, 0.3) is 16.9 Å². The second-order valence-corrected chi connectivity index (χ2v) is 6.63. The van der Waals surface area contributed by atoms with Gasteiger partial charge in [-0.2, -0.15) is 5.10 Å². The number of methoxy groups -OCH3 is 1. The molecule has 154 valence electrons. The average molecular weight is 414 g/mol. The molecule has 1 aromatic heterocycles. The number of hydrogen-bond donors (Lipinski definition) is 1. The number of rotatable bonds is 6. The molecular weight excluding hydrogens is 396 g/mol. The summed E-state index contributed by atoms with van der Waals surface area (Å²) in [5, 5.41) is 18.8. The number of aromatic nitrogens is 2. The van der Waals surface area contributed by atoms with Crippen LogP contribution < -0.4 is 10.1 Å². The van der Waals surface area contributed by atoms with Gasteiger partial charge in [-0.15, -0.1) is 0 Å². The molecule has 8 heteroatoms. The summed E-state index contributed by atoms with van der Waals surface area (Å²) in [4.78, 5) is 23.6. The van der Waals surface area contributed by atoms with Crippen molar-refractivity contribution in [3.8, 4) is 22.7 Å². The van der Waals surface area contributed by atoms with Crippen LogP contribution in [-0.2, 0) is 0 Å². The number of benzene rings is 3. The Labute approximate surface area is 177 Å². The highest BCUT2D eigenvalue weighted by Crippen LogP contribution is 2.29. The van der Waals surface area contributed by atoms with Crippen LogP contribution in [0.15, 0.2) is 84.9 Å². The van der Waals surface area contributed by atoms with Crippen molar-refractivity contribution in [3.63, 3.8) is 0 Å². The number of nitro benzene ring substituents is 1. The van der Waals surface area contributed by atoms with Gasteiger partial charge in [0.15, 0.2) is 5.75 Å². The first-order valence-corrected chi connectivity index (χ1v) is 9.41. The molecule has 0 saturated heterocycles. The van der Waals surface area contributed by atoms with E-state index in [1.54, 1.807) is 10.7 Å². The molecule has 0 aliphatic heterocycles. The Morgan fingerprint density at radius 1 is 1.00 bits per heavy atom. The number of anilines is 1. The summed E-state index contributed by atoms with van der Waals surface area (Å²) in [6.07, 6.45) is 0. The van der Waals surface area contributed by atoms with Crippen molar-refractivity contribution in [2.24, 2.45) is 0 Å². The zero-order valence-corrected chi connectivity index (χ0v) is 16.6. The van der Waals surface area contributed by atoms with Crippen LogP contribution in [0.5, 0.6) is 5.75 Å². The first-order chi connectivity index (χ1) is 15.1. The van der Waals surface area contributed by atoms with E-state index in [2.05, 4.69) is 10.4 Å². The fourth-order valence-corrected chi connectivity index (χ4v) is 3.15. The molecule has 0 radical (unpaired) electrons. The van der Waals surface area contributed by atoms with Gasteiger partial charge in [0.2, 0.25) is 0 Å². The molecule has 0 aliphatic rings. The fourth-order valence-electron chi connectivity index (χ4n) is 3.15. The first kappa shape index (κ1) is 19.8. The van der Waals surface area contributed by atoms with Crippen molar-refractivity contribution < 1.29 is 14.5 Å². The van der Waals surface area contributed by atoms with E-state index in [0.717, 1.165) is 11.3 Å². The van der Waals surface area contributed by atoms with E-state index in [1.807, 2.05) is 60.7 Å². The Morgan fingerprint density at radius 2 is 1.68 bits per heavy atom. The predicted octanol–water partition coefficient (Wildman–Crippen LogP) is 4.71. The number of ether oxygens (including phenoxy) is 1. The summed E-state index contributed by atoms with van der Waals surface area (Å²) in [5.74, 6) is 0.0261. The van der Waals surface area contributed by atoms with Crippen LogP contribution in [0.4, 0.5) is 11.5 Å². The smallest absolute Gasteiger partial charge is 0.311 e. The summed E-state index contributed by atoms with van der Waals surface area (Å²) in [7, 11) is 1.34. The Balaban J connectivity index is 1.72. The van der Waals surface area contributed by atoms with Crippen LogP contribution >= 0.6 is 0 Å². The maximum Gasteiger partial charge on any atom is 0.311 e. The Kier molecular flexibility index (Phi) is 5.44. The molecule has 3 aromatic carbocycles. The highest BCUT2D eigenvalue weighted by molar-refractivity contribution is 6.04. The van der Waals surface area contributed by atoms with E-state index >= 15 is 0 Å². The molecule has 8 nitrogen and oxygen atoms in total. The largest absolute Gasteiger partial charge is 0.490 e. The number of hydrogen-bond acceptors (Lipinski definition) is 5. The Bertz CT molecular complexity index is 1240. The van der Waals surface area contributed by atoms with Gasteiger partial charge in [0.1, 0.15) is 5.82 Å². The summed E-state index contributed by atoms with van der Waals surface area (Å²) in [6, 6.07) is 24.8. The van der Waals surface area contributed by atoms with Crippen LogP contribution in [0.1, 0.15) is 10.4 Å². The third-order valence-electron chi connectivity index (χ3n) is 4.66. The lowest BCUT2D eigenvalue weighted by Crippen LogP contribution is -2.15. The molecule has 0 fully saturated rings. The lowest BCUT2D eigenvalue weighted by molar-refractivity contribution is -0.385. The van der Waals surface area contributed by atoms with E-state index in [1.165, 1.54) is 25.3 Å². The van der Waals surface area contributed by atoms with Crippen molar-refractivity contribution >= 4 is 17.4 Å². The maximum atomic E-state index is 12.9. The SMILES string of the molecule is COc1ccc(C(=O)Nc2cc(-c3ccccc3)nn2-c2ccccc2)cc1[N+](=O)[O-]. The number of nitrogens with zero attached hydrogens (tertiary/aromatic N) is 3. The number of carbonyl (C=O) groups is 1. The van der Waals surface area contributed by atoms with Crippen LogP contribution in [0.2, 0.25) is 0 Å². The Morgan fingerprint density at radius 3 is 2.32 bits per heavy atom. The monoisotopic (exact) mass is 414 g/mol. The molecule has 0 bridgehead atoms. The molecule has 1 heterocycles. The summed E-state index contributed by atoms with van der Waals surface area (Å²) in [5.41, 5.74) is 2.19. The molecule has 31 heavy (non-hydrogen) atoms. The van der Waals surface area contributed by atoms with Crippen LogP contribution in [-0.4, -0.2) is 27.7 Å². The minimum atomic E-state index is -0.586. The molecule has 4 aromatic rings. The lowest BCUT2D eigenvalue weighted by atomic mass is 10.1. The molecule has 0 atom stereocenters. The van der Waals surface area contributed by atoms with E-state index < -0.39 is 10.8 Å². The molecule has 4 rings (SSSR count). The summed E-state index contributed by atoms with van der Waals surface area (Å²) in [6.45, 7) is 0. The molecule has 0 aliphatic carbocycles. The summed E-state index contributed by atoms with van der Waals surface area (Å²) < 4.78 is 6.62. The zero-order chi connectivity index (χ0) is 21.8. The second-order valence-electron chi connectivity index (χ2n) is 6.63. The van der Waals surface area contributed by atoms with E-state index in [-0.39, 0.29) is 17.0 Å². The summed E-state index contributed by atoms with van der Waals surface area (Å²) >= 11 is 0. The van der Waals surface area contributed by atoms with Gasteiger partial charge in [0.05, 0.1) is 23.4 Å². The standard InChI is InChI=1S/C23H18N4O4/c1-31-21-13-12-17(14-20(21)27(29)30)23(28)24-22-15-19(16-8-4-2-5-9-16)25-26(22)18-10-6-3-7-11-18/h2-15H,1H3,(H,24,28). The molecule has 0 saturated carbocycles. The molecule has 1 amide bonds. The van der Waals surface area contributed by atoms with Crippen molar-refractivity contribution in [1.29, 1.82) is 0 Å². The average Bonchev–Trinajstić information content (AvgIpc) is 3.23. The Hall–Kier alpha value is -4.46. The highest BCUT2D eigenvalue weighted by atomic mass is 16.6. The number of amides is 1. The number of nitrogens with one attached hydrogen (secondary N) is 1. The maximum absolute atomic E-state index is 12.9. The number of para-hydroxylation sites is 1. The topological polar surface area (TPSA) is 99.3 Å². The minimum absolute atomic E-state index is 0.0854. The van der Waals surface area contributed by atoms with Gasteiger partial charge in [-0.05, 0) is 24.3 Å². The van der Waals surface area contributed by atoms with Crippen molar-refractivity contribution in [2.75, 3.05) is 12.4 Å². The minimum Gasteiger partial charge on any atom is -0.490 e. The van der Waals surface area contributed by atoms with Gasteiger partial charge in [-0.1, -0.05) is 48.5 Å². The molecule has 0 spiro atoms. The fraction of sp³-hybridized carbons (Fsp3) is 0.0435. The highest BCUT2D eigenvalue weighted by Gasteiger charge is 2.20. The third-order valence-corrected chi connectivity index (χ3v) is 4.66. The molecular formula is C23H18N4O4. The quantitative estimate of drug-likeness (QED) is 0.364. The van der Waals surface area contributed by atoms with E-state index in [0.29, 0.717) is 11.5 Å². The van der Waals surface area contributed by atoms with Crippen molar-refractivity contribution in [3.05, 3.63) is 101 Å². The van der Waals surface area contributed by atoms with Gasteiger partial charge >= 0.3 is 5.69 Å². The van der Waals surface area contributed by atoms with Gasteiger partial charge < -0.3 is 10.1 Å². The lowest BCUT2D eigenvalue weighted by Gasteiger charge is -2.09. The number of carbonyl (C=O) groups excluding carboxylic acids is 1.